The average molecular weight is 345 g/mol. The number of halogens is 4. The Balaban J connectivity index is 2.38. The van der Waals surface area contributed by atoms with Crippen molar-refractivity contribution in [1.82, 2.24) is 9.97 Å². The van der Waals surface area contributed by atoms with Crippen LogP contribution in [-0.4, -0.2) is 27.8 Å². The van der Waals surface area contributed by atoms with Crippen molar-refractivity contribution in [1.29, 1.82) is 0 Å². The minimum absolute atomic E-state index is 0.130. The molecule has 1 saturated heterocycles. The highest BCUT2D eigenvalue weighted by molar-refractivity contribution is 9.10. The van der Waals surface area contributed by atoms with Crippen LogP contribution < -0.4 is 4.90 Å². The molecule has 2 rings (SSSR count). The third-order valence-electron chi connectivity index (χ3n) is 2.08. The second-order valence-corrected chi connectivity index (χ2v) is 5.35. The number of rotatable bonds is 1. The number of aromatic nitrogens is 2. The summed E-state index contributed by atoms with van der Waals surface area (Å²) in [6.07, 6.45) is 0.274. The van der Waals surface area contributed by atoms with Crippen LogP contribution in [0, 0.1) is 0 Å². The summed E-state index contributed by atoms with van der Waals surface area (Å²) in [5.41, 5.74) is 0. The fourth-order valence-electron chi connectivity index (χ4n) is 1.36. The van der Waals surface area contributed by atoms with Crippen LogP contribution in [0.25, 0.3) is 0 Å². The molecular weight excluding hydrogens is 340 g/mol. The van der Waals surface area contributed by atoms with Gasteiger partial charge in [-0.25, -0.2) is 0 Å². The van der Waals surface area contributed by atoms with Crippen molar-refractivity contribution >= 4 is 62.6 Å². The second kappa shape index (κ2) is 4.64. The molecule has 4 nitrogen and oxygen atoms in total. The molecule has 8 heteroatoms. The van der Waals surface area contributed by atoms with Crippen molar-refractivity contribution in [3.05, 3.63) is 14.8 Å². The van der Waals surface area contributed by atoms with Crippen LogP contribution in [0.5, 0.6) is 0 Å². The first-order valence-electron chi connectivity index (χ1n) is 4.32. The van der Waals surface area contributed by atoms with Gasteiger partial charge in [0.25, 0.3) is 0 Å². The highest BCUT2D eigenvalue weighted by Crippen LogP contribution is 2.30. The Bertz CT molecular complexity index is 433. The zero-order chi connectivity index (χ0) is 11.9. The van der Waals surface area contributed by atoms with E-state index in [0.29, 0.717) is 11.0 Å². The number of anilines is 1. The zero-order valence-electron chi connectivity index (χ0n) is 7.75. The predicted molar refractivity (Wildman–Crippen MR) is 66.4 cm³/mol. The molecule has 1 aliphatic rings. The number of carbonyl (C=O) groups excluding carboxylic acids is 1. The molecule has 0 bridgehead atoms. The summed E-state index contributed by atoms with van der Waals surface area (Å²) in [6, 6.07) is 0. The molecule has 1 fully saturated rings. The van der Waals surface area contributed by atoms with Gasteiger partial charge in [0, 0.05) is 13.0 Å². The van der Waals surface area contributed by atoms with Gasteiger partial charge >= 0.3 is 0 Å². The highest BCUT2D eigenvalue weighted by Gasteiger charge is 2.31. The van der Waals surface area contributed by atoms with Gasteiger partial charge in [0.05, 0.1) is 9.85 Å². The van der Waals surface area contributed by atoms with Crippen molar-refractivity contribution in [2.45, 2.75) is 11.8 Å². The van der Waals surface area contributed by atoms with E-state index in [1.165, 1.54) is 4.90 Å². The molecular formula is C8H5BrCl3N3O. The van der Waals surface area contributed by atoms with Crippen molar-refractivity contribution in [3.63, 3.8) is 0 Å². The Hall–Kier alpha value is -0.100. The molecule has 1 aromatic rings. The van der Waals surface area contributed by atoms with E-state index in [2.05, 4.69) is 25.9 Å². The van der Waals surface area contributed by atoms with E-state index >= 15 is 0 Å². The average Bonchev–Trinajstić information content (AvgIpc) is 2.53. The van der Waals surface area contributed by atoms with E-state index in [4.69, 9.17) is 34.8 Å². The van der Waals surface area contributed by atoms with E-state index in [1.54, 1.807) is 0 Å². The van der Waals surface area contributed by atoms with Crippen molar-refractivity contribution in [3.8, 4) is 0 Å². The molecule has 1 aromatic heterocycles. The highest BCUT2D eigenvalue weighted by atomic mass is 79.9. The van der Waals surface area contributed by atoms with Crippen LogP contribution >= 0.6 is 50.7 Å². The fourth-order valence-corrected chi connectivity index (χ4v) is 2.19. The number of carbonyl (C=O) groups is 1. The largest absolute Gasteiger partial charge is 0.279 e. The maximum absolute atomic E-state index is 11.6. The normalized spacial score (nSPS) is 20.6. The van der Waals surface area contributed by atoms with Crippen molar-refractivity contribution in [2.75, 3.05) is 11.4 Å². The summed E-state index contributed by atoms with van der Waals surface area (Å²) < 4.78 is 0.411. The lowest BCUT2D eigenvalue weighted by Gasteiger charge is -2.14. The molecule has 0 N–H and O–H groups in total. The van der Waals surface area contributed by atoms with Crippen LogP contribution in [0.4, 0.5) is 5.95 Å². The molecule has 1 amide bonds. The number of alkyl halides is 1. The molecule has 0 saturated carbocycles. The SMILES string of the molecule is O=C1CC(Cl)CN1c1nc(Cl)c(Br)c(Cl)n1. The smallest absolute Gasteiger partial charge is 0.235 e. The van der Waals surface area contributed by atoms with Gasteiger partial charge in [-0.3, -0.25) is 9.69 Å². The number of hydrogen-bond donors (Lipinski definition) is 0. The molecule has 2 heterocycles. The van der Waals surface area contributed by atoms with E-state index in [9.17, 15) is 4.79 Å². The van der Waals surface area contributed by atoms with E-state index in [-0.39, 0.29) is 34.0 Å². The Labute approximate surface area is 115 Å². The number of amides is 1. The molecule has 0 spiro atoms. The van der Waals surface area contributed by atoms with Gasteiger partial charge in [-0.15, -0.1) is 11.6 Å². The minimum atomic E-state index is -0.225. The lowest BCUT2D eigenvalue weighted by atomic mass is 10.4. The summed E-state index contributed by atoms with van der Waals surface area (Å²) in [7, 11) is 0. The van der Waals surface area contributed by atoms with E-state index in [0.717, 1.165) is 0 Å². The molecule has 1 atom stereocenters. The minimum Gasteiger partial charge on any atom is -0.279 e. The van der Waals surface area contributed by atoms with Gasteiger partial charge in [0.2, 0.25) is 11.9 Å². The molecule has 1 unspecified atom stereocenters. The van der Waals surface area contributed by atoms with E-state index in [1.807, 2.05) is 0 Å². The molecule has 0 aliphatic carbocycles. The standard InChI is InChI=1S/C8H5BrCl3N3O/c9-5-6(11)13-8(14-7(5)12)15-2-3(10)1-4(15)16/h3H,1-2H2. The molecule has 0 aromatic carbocycles. The predicted octanol–water partition coefficient (Wildman–Crippen LogP) is 2.89. The Morgan fingerprint density at radius 2 is 1.88 bits per heavy atom. The summed E-state index contributed by atoms with van der Waals surface area (Å²) in [4.78, 5) is 20.9. The first-order valence-corrected chi connectivity index (χ1v) is 6.30. The topological polar surface area (TPSA) is 46.1 Å². The van der Waals surface area contributed by atoms with Crippen LogP contribution in [0.1, 0.15) is 6.42 Å². The number of nitrogens with zero attached hydrogens (tertiary/aromatic N) is 3. The van der Waals surface area contributed by atoms with Gasteiger partial charge in [0.15, 0.2) is 0 Å². The third-order valence-corrected chi connectivity index (χ3v) is 4.12. The van der Waals surface area contributed by atoms with Crippen LogP contribution in [-0.2, 0) is 4.79 Å². The Morgan fingerprint density at radius 1 is 1.31 bits per heavy atom. The van der Waals surface area contributed by atoms with Gasteiger partial charge in [-0.05, 0) is 15.9 Å². The monoisotopic (exact) mass is 343 g/mol. The maximum Gasteiger partial charge on any atom is 0.235 e. The van der Waals surface area contributed by atoms with Gasteiger partial charge < -0.3 is 0 Å². The molecule has 86 valence electrons. The lowest BCUT2D eigenvalue weighted by molar-refractivity contribution is -0.117. The summed E-state index contributed by atoms with van der Waals surface area (Å²) in [5.74, 6) is 0.0563. The third kappa shape index (κ3) is 2.27. The Morgan fingerprint density at radius 3 is 2.31 bits per heavy atom. The Kier molecular flexibility index (Phi) is 3.59. The van der Waals surface area contributed by atoms with Gasteiger partial charge in [0.1, 0.15) is 10.3 Å². The first kappa shape index (κ1) is 12.4. The fraction of sp³-hybridized carbons (Fsp3) is 0.375. The van der Waals surface area contributed by atoms with Crippen molar-refractivity contribution in [2.24, 2.45) is 0 Å². The maximum atomic E-state index is 11.6. The quantitative estimate of drug-likeness (QED) is 0.581. The molecule has 16 heavy (non-hydrogen) atoms. The van der Waals surface area contributed by atoms with Gasteiger partial charge in [-0.2, -0.15) is 9.97 Å². The summed E-state index contributed by atoms with van der Waals surface area (Å²) in [5, 5.41) is 0.110. The van der Waals surface area contributed by atoms with Crippen LogP contribution in [0.15, 0.2) is 4.47 Å². The zero-order valence-corrected chi connectivity index (χ0v) is 11.6. The van der Waals surface area contributed by atoms with Crippen LogP contribution in [0.2, 0.25) is 10.3 Å². The van der Waals surface area contributed by atoms with Crippen LogP contribution in [0.3, 0.4) is 0 Å². The molecule has 0 radical (unpaired) electrons. The van der Waals surface area contributed by atoms with Crippen molar-refractivity contribution < 1.29 is 4.79 Å². The number of hydrogen-bond acceptors (Lipinski definition) is 3. The lowest BCUT2D eigenvalue weighted by Crippen LogP contribution is -2.26. The van der Waals surface area contributed by atoms with E-state index < -0.39 is 0 Å². The summed E-state index contributed by atoms with van der Waals surface area (Å²) >= 11 is 20.7. The summed E-state index contributed by atoms with van der Waals surface area (Å²) in [6.45, 7) is 0.370. The molecule has 1 aliphatic heterocycles. The second-order valence-electron chi connectivity index (χ2n) is 3.22. The first-order chi connectivity index (χ1) is 7.49. The van der Waals surface area contributed by atoms with Gasteiger partial charge in [-0.1, -0.05) is 23.2 Å².